The van der Waals surface area contributed by atoms with Crippen LogP contribution < -0.4 is 15.8 Å². The quantitative estimate of drug-likeness (QED) is 0.775. The first-order chi connectivity index (χ1) is 13.6. The molecule has 2 fully saturated rings. The molecule has 2 heterocycles. The van der Waals surface area contributed by atoms with Crippen molar-refractivity contribution in [1.29, 1.82) is 5.26 Å². The van der Waals surface area contributed by atoms with Gasteiger partial charge in [0.25, 0.3) is 11.5 Å². The number of methoxy groups -OCH3 is 1. The largest absolute Gasteiger partial charge is 0.383 e. The maximum atomic E-state index is 12.5. The Balaban J connectivity index is 1.74. The van der Waals surface area contributed by atoms with Crippen molar-refractivity contribution in [2.75, 3.05) is 38.3 Å². The second-order valence-electron chi connectivity index (χ2n) is 7.79. The molecule has 0 atom stereocenters. The van der Waals surface area contributed by atoms with Crippen LogP contribution in [0.2, 0.25) is 0 Å². The van der Waals surface area contributed by atoms with Gasteiger partial charge in [-0.15, -0.1) is 0 Å². The van der Waals surface area contributed by atoms with Crippen LogP contribution in [0.5, 0.6) is 0 Å². The smallest absolute Gasteiger partial charge is 0.268 e. The standard InChI is InChI=1S/C21H24N4O3/c1-28-11-8-23-19(26)14-2-3-17-15(12-14)18(16(13-22)20(27)24-17)25-9-6-21(4-5-21)7-10-25/h2-3,12H,4-11H2,1H3,(H,23,26)(H,24,27). The Labute approximate surface area is 163 Å². The zero-order chi connectivity index (χ0) is 19.7. The minimum atomic E-state index is -0.381. The zero-order valence-corrected chi connectivity index (χ0v) is 16.0. The number of benzene rings is 1. The van der Waals surface area contributed by atoms with Gasteiger partial charge in [-0.2, -0.15) is 5.26 Å². The number of aromatic nitrogens is 1. The molecular formula is C21H24N4O3. The van der Waals surface area contributed by atoms with Gasteiger partial charge in [-0.1, -0.05) is 0 Å². The average molecular weight is 380 g/mol. The molecule has 1 aromatic carbocycles. The molecule has 1 saturated heterocycles. The molecule has 2 aliphatic rings. The van der Waals surface area contributed by atoms with Crippen LogP contribution in [-0.2, 0) is 4.74 Å². The van der Waals surface area contributed by atoms with E-state index in [9.17, 15) is 14.9 Å². The molecule has 2 N–H and O–H groups in total. The lowest BCUT2D eigenvalue weighted by molar-refractivity contribution is 0.0937. The van der Waals surface area contributed by atoms with E-state index in [0.717, 1.165) is 31.3 Å². The van der Waals surface area contributed by atoms with Crippen molar-refractivity contribution < 1.29 is 9.53 Å². The highest BCUT2D eigenvalue weighted by molar-refractivity contribution is 6.02. The molecular weight excluding hydrogens is 356 g/mol. The van der Waals surface area contributed by atoms with Gasteiger partial charge in [-0.3, -0.25) is 9.59 Å². The van der Waals surface area contributed by atoms with E-state index in [1.54, 1.807) is 25.3 Å². The van der Waals surface area contributed by atoms with E-state index in [-0.39, 0.29) is 17.0 Å². The number of nitrogens with one attached hydrogen (secondary N) is 2. The van der Waals surface area contributed by atoms with Crippen LogP contribution in [0.15, 0.2) is 23.0 Å². The van der Waals surface area contributed by atoms with Crippen molar-refractivity contribution in [3.8, 4) is 6.07 Å². The molecule has 146 valence electrons. The summed E-state index contributed by atoms with van der Waals surface area (Å²) in [5.74, 6) is -0.204. The topological polar surface area (TPSA) is 98.2 Å². The Bertz CT molecular complexity index is 1010. The number of rotatable bonds is 5. The monoisotopic (exact) mass is 380 g/mol. The molecule has 1 saturated carbocycles. The van der Waals surface area contributed by atoms with Crippen molar-refractivity contribution in [2.24, 2.45) is 5.41 Å². The predicted molar refractivity (Wildman–Crippen MR) is 107 cm³/mol. The minimum Gasteiger partial charge on any atom is -0.383 e. The molecule has 1 aliphatic carbocycles. The molecule has 1 aromatic heterocycles. The number of amides is 1. The number of hydrogen-bond acceptors (Lipinski definition) is 5. The molecule has 2 aromatic rings. The molecule has 1 amide bonds. The summed E-state index contributed by atoms with van der Waals surface area (Å²) in [6, 6.07) is 7.27. The van der Waals surface area contributed by atoms with Gasteiger partial charge in [-0.25, -0.2) is 0 Å². The van der Waals surface area contributed by atoms with Gasteiger partial charge < -0.3 is 19.9 Å². The van der Waals surface area contributed by atoms with Crippen molar-refractivity contribution >= 4 is 22.5 Å². The molecule has 28 heavy (non-hydrogen) atoms. The number of hydrogen-bond donors (Lipinski definition) is 2. The molecule has 4 rings (SSSR count). The number of aromatic amines is 1. The Morgan fingerprint density at radius 2 is 2.07 bits per heavy atom. The van der Waals surface area contributed by atoms with Crippen molar-refractivity contribution in [3.63, 3.8) is 0 Å². The van der Waals surface area contributed by atoms with Gasteiger partial charge in [0.1, 0.15) is 11.6 Å². The number of fused-ring (bicyclic) bond motifs is 1. The SMILES string of the molecule is COCCNC(=O)c1ccc2[nH]c(=O)c(C#N)c(N3CCC4(CC3)CC4)c2c1. The van der Waals surface area contributed by atoms with Gasteiger partial charge in [0.05, 0.1) is 17.8 Å². The van der Waals surface area contributed by atoms with Crippen LogP contribution in [0.3, 0.4) is 0 Å². The number of H-pyrrole nitrogens is 1. The number of ether oxygens (including phenoxy) is 1. The van der Waals surface area contributed by atoms with E-state index in [2.05, 4.69) is 21.3 Å². The first-order valence-corrected chi connectivity index (χ1v) is 9.69. The number of pyridine rings is 1. The fourth-order valence-electron chi connectivity index (χ4n) is 4.10. The lowest BCUT2D eigenvalue weighted by Gasteiger charge is -2.34. The van der Waals surface area contributed by atoms with Crippen LogP contribution in [0.4, 0.5) is 5.69 Å². The number of piperidine rings is 1. The summed E-state index contributed by atoms with van der Waals surface area (Å²) in [5.41, 5.74) is 2.02. The fourth-order valence-corrected chi connectivity index (χ4v) is 4.10. The number of carbonyl (C=O) groups excluding carboxylic acids is 1. The number of carbonyl (C=O) groups is 1. The van der Waals surface area contributed by atoms with Crippen LogP contribution in [0.25, 0.3) is 10.9 Å². The van der Waals surface area contributed by atoms with Gasteiger partial charge in [0.15, 0.2) is 0 Å². The molecule has 0 unspecified atom stereocenters. The maximum absolute atomic E-state index is 12.5. The third-order valence-corrected chi connectivity index (χ3v) is 6.05. The zero-order valence-electron chi connectivity index (χ0n) is 16.0. The lowest BCUT2D eigenvalue weighted by Crippen LogP contribution is -2.36. The van der Waals surface area contributed by atoms with Gasteiger partial charge in [0.2, 0.25) is 0 Å². The fraction of sp³-hybridized carbons (Fsp3) is 0.476. The first-order valence-electron chi connectivity index (χ1n) is 9.69. The third kappa shape index (κ3) is 3.36. The van der Waals surface area contributed by atoms with Crippen molar-refractivity contribution in [3.05, 3.63) is 39.7 Å². The Kier molecular flexibility index (Phi) is 4.82. The second-order valence-corrected chi connectivity index (χ2v) is 7.79. The first kappa shape index (κ1) is 18.5. The summed E-state index contributed by atoms with van der Waals surface area (Å²) < 4.78 is 4.96. The maximum Gasteiger partial charge on any atom is 0.268 e. The molecule has 7 nitrogen and oxygen atoms in total. The molecule has 1 aliphatic heterocycles. The summed E-state index contributed by atoms with van der Waals surface area (Å²) in [4.78, 5) is 29.8. The highest BCUT2D eigenvalue weighted by Gasteiger charge is 2.44. The van der Waals surface area contributed by atoms with E-state index in [1.165, 1.54) is 12.8 Å². The molecule has 0 bridgehead atoms. The van der Waals surface area contributed by atoms with Crippen LogP contribution >= 0.6 is 0 Å². The summed E-state index contributed by atoms with van der Waals surface area (Å²) in [6.07, 6.45) is 4.74. The van der Waals surface area contributed by atoms with Crippen molar-refractivity contribution in [2.45, 2.75) is 25.7 Å². The summed E-state index contributed by atoms with van der Waals surface area (Å²) in [5, 5.41) is 13.2. The molecule has 1 spiro atoms. The van der Waals surface area contributed by atoms with E-state index in [0.29, 0.717) is 35.3 Å². The van der Waals surface area contributed by atoms with Crippen molar-refractivity contribution in [1.82, 2.24) is 10.3 Å². The highest BCUT2D eigenvalue weighted by Crippen LogP contribution is 2.54. The van der Waals surface area contributed by atoms with Gasteiger partial charge >= 0.3 is 0 Å². The van der Waals surface area contributed by atoms with E-state index in [4.69, 9.17) is 4.74 Å². The van der Waals surface area contributed by atoms with E-state index >= 15 is 0 Å². The average Bonchev–Trinajstić information content (AvgIpc) is 3.46. The van der Waals surface area contributed by atoms with Gasteiger partial charge in [0, 0.05) is 37.7 Å². The summed E-state index contributed by atoms with van der Waals surface area (Å²) in [7, 11) is 1.58. The minimum absolute atomic E-state index is 0.121. The second kappa shape index (κ2) is 7.28. The number of anilines is 1. The summed E-state index contributed by atoms with van der Waals surface area (Å²) in [6.45, 7) is 2.52. The Morgan fingerprint density at radius 1 is 1.32 bits per heavy atom. The van der Waals surface area contributed by atoms with E-state index < -0.39 is 0 Å². The Hall–Kier alpha value is -2.85. The van der Waals surface area contributed by atoms with E-state index in [1.807, 2.05) is 0 Å². The molecule has 7 heteroatoms. The Morgan fingerprint density at radius 3 is 2.71 bits per heavy atom. The number of nitriles is 1. The van der Waals surface area contributed by atoms with Gasteiger partial charge in [-0.05, 0) is 49.3 Å². The third-order valence-electron chi connectivity index (χ3n) is 6.05. The van der Waals surface area contributed by atoms with Crippen LogP contribution in [0, 0.1) is 16.7 Å². The lowest BCUT2D eigenvalue weighted by atomic mass is 9.92. The van der Waals surface area contributed by atoms with Crippen LogP contribution in [0.1, 0.15) is 41.6 Å². The summed E-state index contributed by atoms with van der Waals surface area (Å²) >= 11 is 0. The predicted octanol–water partition coefficient (Wildman–Crippen LogP) is 2.16. The normalized spacial score (nSPS) is 17.5. The molecule has 0 radical (unpaired) electrons. The van der Waals surface area contributed by atoms with Crippen LogP contribution in [-0.4, -0.2) is 44.2 Å². The highest BCUT2D eigenvalue weighted by atomic mass is 16.5. The number of nitrogens with zero attached hydrogens (tertiary/aromatic N) is 2.